The zero-order chi connectivity index (χ0) is 15.9. The lowest BCUT2D eigenvalue weighted by Crippen LogP contribution is -2.32. The van der Waals surface area contributed by atoms with E-state index in [1.165, 1.54) is 0 Å². The molecular formula is C17H27NO3. The summed E-state index contributed by atoms with van der Waals surface area (Å²) in [6, 6.07) is 7.54. The van der Waals surface area contributed by atoms with Crippen molar-refractivity contribution in [3.05, 3.63) is 35.4 Å². The maximum Gasteiger partial charge on any atom is 0.251 e. The van der Waals surface area contributed by atoms with E-state index in [4.69, 9.17) is 4.74 Å². The summed E-state index contributed by atoms with van der Waals surface area (Å²) in [5, 5.41) is 12.7. The summed E-state index contributed by atoms with van der Waals surface area (Å²) in [4.78, 5) is 12.1. The molecule has 21 heavy (non-hydrogen) atoms. The number of carbonyl (C=O) groups is 1. The summed E-state index contributed by atoms with van der Waals surface area (Å²) >= 11 is 0. The van der Waals surface area contributed by atoms with Crippen LogP contribution in [0.15, 0.2) is 24.3 Å². The van der Waals surface area contributed by atoms with Gasteiger partial charge in [-0.2, -0.15) is 0 Å². The summed E-state index contributed by atoms with van der Waals surface area (Å²) in [5.41, 5.74) is 1.02. The van der Waals surface area contributed by atoms with Crippen LogP contribution in [0.1, 0.15) is 49.5 Å². The van der Waals surface area contributed by atoms with Crippen LogP contribution < -0.4 is 5.32 Å². The van der Waals surface area contributed by atoms with E-state index in [-0.39, 0.29) is 12.0 Å². The Labute approximate surface area is 127 Å². The molecule has 1 aromatic rings. The molecule has 0 fully saturated rings. The topological polar surface area (TPSA) is 58.6 Å². The summed E-state index contributed by atoms with van der Waals surface area (Å²) in [6.45, 7) is 6.12. The van der Waals surface area contributed by atoms with Crippen LogP contribution in [0.4, 0.5) is 0 Å². The molecular weight excluding hydrogens is 266 g/mol. The molecule has 2 N–H and O–H groups in total. The molecule has 4 heteroatoms. The molecule has 0 unspecified atom stereocenters. The van der Waals surface area contributed by atoms with Crippen LogP contribution in [-0.4, -0.2) is 36.4 Å². The van der Waals surface area contributed by atoms with Crippen LogP contribution in [0.5, 0.6) is 0 Å². The van der Waals surface area contributed by atoms with E-state index in [0.717, 1.165) is 18.4 Å². The summed E-state index contributed by atoms with van der Waals surface area (Å²) < 4.78 is 5.24. The predicted molar refractivity (Wildman–Crippen MR) is 84.5 cm³/mol. The molecule has 0 heterocycles. The van der Waals surface area contributed by atoms with Crippen molar-refractivity contribution >= 4 is 5.91 Å². The Morgan fingerprint density at radius 3 is 2.71 bits per heavy atom. The standard InChI is InChI=1S/C17H27NO3/c1-5-15(21-4)12-18-16(19)14-8-6-7-13(11-14)9-10-17(2,3)20/h6-8,11,15,20H,5,9-10,12H2,1-4H3,(H,18,19)/t15-/m1/s1. The van der Waals surface area contributed by atoms with Gasteiger partial charge in [0.25, 0.3) is 5.91 Å². The van der Waals surface area contributed by atoms with Gasteiger partial charge in [-0.3, -0.25) is 4.79 Å². The predicted octanol–water partition coefficient (Wildman–Crippen LogP) is 2.54. The van der Waals surface area contributed by atoms with Crippen molar-refractivity contribution in [2.45, 2.75) is 51.7 Å². The normalized spacial score (nSPS) is 13.0. The fourth-order valence-corrected chi connectivity index (χ4v) is 2.02. The SMILES string of the molecule is CC[C@H](CNC(=O)c1cccc(CCC(C)(C)O)c1)OC. The molecule has 0 aliphatic rings. The maximum absolute atomic E-state index is 12.1. The number of methoxy groups -OCH3 is 1. The van der Waals surface area contributed by atoms with Gasteiger partial charge >= 0.3 is 0 Å². The molecule has 1 amide bonds. The van der Waals surface area contributed by atoms with Gasteiger partial charge in [-0.1, -0.05) is 19.1 Å². The summed E-state index contributed by atoms with van der Waals surface area (Å²) in [5.74, 6) is -0.0874. The summed E-state index contributed by atoms with van der Waals surface area (Å²) in [6.07, 6.45) is 2.33. The number of nitrogens with one attached hydrogen (secondary N) is 1. The molecule has 0 spiro atoms. The minimum atomic E-state index is -0.689. The molecule has 0 saturated heterocycles. The zero-order valence-corrected chi connectivity index (χ0v) is 13.5. The quantitative estimate of drug-likeness (QED) is 0.774. The molecule has 0 saturated carbocycles. The third-order valence-electron chi connectivity index (χ3n) is 3.49. The molecule has 118 valence electrons. The van der Waals surface area contributed by atoms with E-state index in [9.17, 15) is 9.90 Å². The van der Waals surface area contributed by atoms with Crippen molar-refractivity contribution in [2.75, 3.05) is 13.7 Å². The smallest absolute Gasteiger partial charge is 0.251 e. The van der Waals surface area contributed by atoms with E-state index >= 15 is 0 Å². The Morgan fingerprint density at radius 1 is 1.43 bits per heavy atom. The minimum Gasteiger partial charge on any atom is -0.390 e. The number of aliphatic hydroxyl groups is 1. The second-order valence-electron chi connectivity index (χ2n) is 5.99. The molecule has 0 aliphatic heterocycles. The maximum atomic E-state index is 12.1. The zero-order valence-electron chi connectivity index (χ0n) is 13.5. The fourth-order valence-electron chi connectivity index (χ4n) is 2.02. The highest BCUT2D eigenvalue weighted by Gasteiger charge is 2.13. The number of hydrogen-bond acceptors (Lipinski definition) is 3. The van der Waals surface area contributed by atoms with E-state index in [2.05, 4.69) is 5.32 Å². The molecule has 1 rings (SSSR count). The average Bonchev–Trinajstić information content (AvgIpc) is 2.45. The number of ether oxygens (including phenoxy) is 1. The highest BCUT2D eigenvalue weighted by molar-refractivity contribution is 5.94. The van der Waals surface area contributed by atoms with Crippen molar-refractivity contribution in [3.63, 3.8) is 0 Å². The Bertz CT molecular complexity index is 448. The second-order valence-corrected chi connectivity index (χ2v) is 5.99. The van der Waals surface area contributed by atoms with Gasteiger partial charge in [-0.25, -0.2) is 0 Å². The lowest BCUT2D eigenvalue weighted by molar-refractivity contribution is 0.0714. The number of amides is 1. The molecule has 1 aromatic carbocycles. The molecule has 0 aromatic heterocycles. The van der Waals surface area contributed by atoms with Gasteiger partial charge in [0, 0.05) is 19.2 Å². The highest BCUT2D eigenvalue weighted by atomic mass is 16.5. The van der Waals surface area contributed by atoms with Crippen LogP contribution in [0.3, 0.4) is 0 Å². The van der Waals surface area contributed by atoms with Crippen LogP contribution >= 0.6 is 0 Å². The molecule has 4 nitrogen and oxygen atoms in total. The lowest BCUT2D eigenvalue weighted by atomic mass is 9.98. The van der Waals surface area contributed by atoms with Gasteiger partial charge < -0.3 is 15.2 Å². The molecule has 0 radical (unpaired) electrons. The Morgan fingerprint density at radius 2 is 2.14 bits per heavy atom. The van der Waals surface area contributed by atoms with E-state index < -0.39 is 5.60 Å². The molecule has 0 aliphatic carbocycles. The number of benzene rings is 1. The van der Waals surface area contributed by atoms with Crippen molar-refractivity contribution in [1.82, 2.24) is 5.32 Å². The monoisotopic (exact) mass is 293 g/mol. The van der Waals surface area contributed by atoms with Gasteiger partial charge in [-0.05, 0) is 50.8 Å². The van der Waals surface area contributed by atoms with E-state index in [1.54, 1.807) is 27.0 Å². The molecule has 1 atom stereocenters. The van der Waals surface area contributed by atoms with Crippen molar-refractivity contribution < 1.29 is 14.6 Å². The second kappa shape index (κ2) is 8.15. The van der Waals surface area contributed by atoms with Gasteiger partial charge in [-0.15, -0.1) is 0 Å². The van der Waals surface area contributed by atoms with Crippen molar-refractivity contribution in [2.24, 2.45) is 0 Å². The van der Waals surface area contributed by atoms with Crippen LogP contribution in [0.25, 0.3) is 0 Å². The first-order chi connectivity index (χ1) is 9.85. The first-order valence-corrected chi connectivity index (χ1v) is 7.48. The summed E-state index contributed by atoms with van der Waals surface area (Å²) in [7, 11) is 1.65. The van der Waals surface area contributed by atoms with Gasteiger partial charge in [0.05, 0.1) is 11.7 Å². The minimum absolute atomic E-state index is 0.0484. The molecule has 0 bridgehead atoms. The highest BCUT2D eigenvalue weighted by Crippen LogP contribution is 2.14. The fraction of sp³-hybridized carbons (Fsp3) is 0.588. The van der Waals surface area contributed by atoms with Gasteiger partial charge in [0.15, 0.2) is 0 Å². The van der Waals surface area contributed by atoms with Crippen LogP contribution in [0, 0.1) is 0 Å². The third-order valence-corrected chi connectivity index (χ3v) is 3.49. The number of aryl methyl sites for hydroxylation is 1. The Kier molecular flexibility index (Phi) is 6.85. The number of rotatable bonds is 8. The Hall–Kier alpha value is -1.39. The third kappa shape index (κ3) is 6.74. The van der Waals surface area contributed by atoms with Crippen molar-refractivity contribution in [3.8, 4) is 0 Å². The lowest BCUT2D eigenvalue weighted by Gasteiger charge is -2.17. The first kappa shape index (κ1) is 17.7. The van der Waals surface area contributed by atoms with E-state index in [1.807, 2.05) is 25.1 Å². The number of hydrogen-bond donors (Lipinski definition) is 2. The van der Waals surface area contributed by atoms with Gasteiger partial charge in [0.2, 0.25) is 0 Å². The van der Waals surface area contributed by atoms with Crippen molar-refractivity contribution in [1.29, 1.82) is 0 Å². The first-order valence-electron chi connectivity index (χ1n) is 7.48. The van der Waals surface area contributed by atoms with E-state index in [0.29, 0.717) is 18.5 Å². The Balaban J connectivity index is 2.60. The average molecular weight is 293 g/mol. The number of carbonyl (C=O) groups excluding carboxylic acids is 1. The van der Waals surface area contributed by atoms with Crippen LogP contribution in [0.2, 0.25) is 0 Å². The van der Waals surface area contributed by atoms with Gasteiger partial charge in [0.1, 0.15) is 0 Å². The van der Waals surface area contributed by atoms with Crippen LogP contribution in [-0.2, 0) is 11.2 Å². The largest absolute Gasteiger partial charge is 0.390 e.